The molecule has 3 heteroatoms. The predicted octanol–water partition coefficient (Wildman–Crippen LogP) is 3.54. The van der Waals surface area contributed by atoms with Gasteiger partial charge in [-0.1, -0.05) is 20.8 Å². The smallest absolute Gasteiger partial charge is 0.138 e. The standard InChI is InChI=1S/C16H26N2O/c1-12(2)17-10-14-6-9-16(11-18-14)19-15-7-4-13(3)5-8-15/h6,9,11-13,15,17H,4-5,7-8,10H2,1-3H3. The van der Waals surface area contributed by atoms with E-state index in [1.165, 1.54) is 25.7 Å². The average Bonchev–Trinajstić information content (AvgIpc) is 2.40. The highest BCUT2D eigenvalue weighted by atomic mass is 16.5. The van der Waals surface area contributed by atoms with E-state index in [1.54, 1.807) is 0 Å². The van der Waals surface area contributed by atoms with Crippen LogP contribution < -0.4 is 10.1 Å². The average molecular weight is 262 g/mol. The molecule has 106 valence electrons. The Hall–Kier alpha value is -1.09. The van der Waals surface area contributed by atoms with Crippen molar-refractivity contribution in [2.75, 3.05) is 0 Å². The van der Waals surface area contributed by atoms with Crippen molar-refractivity contribution in [1.29, 1.82) is 0 Å². The van der Waals surface area contributed by atoms with Gasteiger partial charge in [0.15, 0.2) is 0 Å². The van der Waals surface area contributed by atoms with Gasteiger partial charge in [-0.05, 0) is 43.7 Å². The van der Waals surface area contributed by atoms with Gasteiger partial charge in [-0.25, -0.2) is 0 Å². The highest BCUT2D eigenvalue weighted by molar-refractivity contribution is 5.20. The summed E-state index contributed by atoms with van der Waals surface area (Å²) in [4.78, 5) is 4.44. The van der Waals surface area contributed by atoms with E-state index < -0.39 is 0 Å². The van der Waals surface area contributed by atoms with Gasteiger partial charge in [0.05, 0.1) is 18.0 Å². The Bertz CT molecular complexity index is 367. The maximum Gasteiger partial charge on any atom is 0.138 e. The molecule has 0 bridgehead atoms. The SMILES string of the molecule is CC1CCC(Oc2ccc(CNC(C)C)nc2)CC1. The Morgan fingerprint density at radius 3 is 2.58 bits per heavy atom. The van der Waals surface area contributed by atoms with Crippen LogP contribution in [0, 0.1) is 5.92 Å². The molecule has 1 heterocycles. The molecule has 3 nitrogen and oxygen atoms in total. The summed E-state index contributed by atoms with van der Waals surface area (Å²) in [6.07, 6.45) is 7.17. The molecular weight excluding hydrogens is 236 g/mol. The lowest BCUT2D eigenvalue weighted by Gasteiger charge is -2.26. The lowest BCUT2D eigenvalue weighted by atomic mass is 9.89. The van der Waals surface area contributed by atoms with Crippen molar-refractivity contribution in [3.8, 4) is 5.75 Å². The normalized spacial score (nSPS) is 23.6. The predicted molar refractivity (Wildman–Crippen MR) is 78.3 cm³/mol. The van der Waals surface area contributed by atoms with Crippen LogP contribution in [0.2, 0.25) is 0 Å². The van der Waals surface area contributed by atoms with Gasteiger partial charge in [-0.15, -0.1) is 0 Å². The summed E-state index contributed by atoms with van der Waals surface area (Å²) in [5, 5.41) is 3.36. The largest absolute Gasteiger partial charge is 0.489 e. The minimum atomic E-state index is 0.387. The second-order valence-corrected chi connectivity index (χ2v) is 6.02. The minimum Gasteiger partial charge on any atom is -0.489 e. The Kier molecular flexibility index (Phi) is 5.20. The van der Waals surface area contributed by atoms with Crippen molar-refractivity contribution in [1.82, 2.24) is 10.3 Å². The van der Waals surface area contributed by atoms with Gasteiger partial charge in [0.2, 0.25) is 0 Å². The van der Waals surface area contributed by atoms with Crippen molar-refractivity contribution in [3.63, 3.8) is 0 Å². The summed E-state index contributed by atoms with van der Waals surface area (Å²) < 4.78 is 6.00. The van der Waals surface area contributed by atoms with Crippen molar-refractivity contribution in [3.05, 3.63) is 24.0 Å². The fourth-order valence-electron chi connectivity index (χ4n) is 2.43. The molecule has 1 fully saturated rings. The first kappa shape index (κ1) is 14.3. The fraction of sp³-hybridized carbons (Fsp3) is 0.688. The maximum atomic E-state index is 6.00. The van der Waals surface area contributed by atoms with E-state index in [2.05, 4.69) is 37.1 Å². The number of nitrogens with one attached hydrogen (secondary N) is 1. The van der Waals surface area contributed by atoms with Crippen LogP contribution in [0.4, 0.5) is 0 Å². The van der Waals surface area contributed by atoms with Crippen LogP contribution in [0.15, 0.2) is 18.3 Å². The van der Waals surface area contributed by atoms with Crippen LogP contribution in [0.5, 0.6) is 5.75 Å². The summed E-state index contributed by atoms with van der Waals surface area (Å²) in [7, 11) is 0. The van der Waals surface area contributed by atoms with Crippen LogP contribution in [0.3, 0.4) is 0 Å². The van der Waals surface area contributed by atoms with Gasteiger partial charge in [-0.2, -0.15) is 0 Å². The monoisotopic (exact) mass is 262 g/mol. The third kappa shape index (κ3) is 4.83. The lowest BCUT2D eigenvalue weighted by Crippen LogP contribution is -2.23. The molecule has 0 atom stereocenters. The summed E-state index contributed by atoms with van der Waals surface area (Å²) in [6, 6.07) is 4.58. The minimum absolute atomic E-state index is 0.387. The Morgan fingerprint density at radius 1 is 1.26 bits per heavy atom. The molecule has 0 amide bonds. The molecule has 0 radical (unpaired) electrons. The summed E-state index contributed by atoms with van der Waals surface area (Å²) in [5.74, 6) is 1.77. The van der Waals surface area contributed by atoms with E-state index in [0.29, 0.717) is 12.1 Å². The summed E-state index contributed by atoms with van der Waals surface area (Å²) in [5.41, 5.74) is 1.07. The first-order chi connectivity index (χ1) is 9.13. The van der Waals surface area contributed by atoms with Crippen molar-refractivity contribution in [2.24, 2.45) is 5.92 Å². The highest BCUT2D eigenvalue weighted by Crippen LogP contribution is 2.26. The second kappa shape index (κ2) is 6.90. The molecule has 0 saturated heterocycles. The Labute approximate surface area is 116 Å². The molecule has 1 N–H and O–H groups in total. The van der Waals surface area contributed by atoms with Crippen LogP contribution >= 0.6 is 0 Å². The molecular formula is C16H26N2O. The van der Waals surface area contributed by atoms with E-state index >= 15 is 0 Å². The molecule has 1 aliphatic carbocycles. The third-order valence-corrected chi connectivity index (χ3v) is 3.75. The molecule has 0 aromatic carbocycles. The van der Waals surface area contributed by atoms with Gasteiger partial charge >= 0.3 is 0 Å². The van der Waals surface area contributed by atoms with Crippen molar-refractivity contribution < 1.29 is 4.74 Å². The summed E-state index contributed by atoms with van der Waals surface area (Å²) >= 11 is 0. The number of rotatable bonds is 5. The molecule has 19 heavy (non-hydrogen) atoms. The Morgan fingerprint density at radius 2 is 2.00 bits per heavy atom. The number of hydrogen-bond acceptors (Lipinski definition) is 3. The van der Waals surface area contributed by atoms with Gasteiger partial charge < -0.3 is 10.1 Å². The van der Waals surface area contributed by atoms with Gasteiger partial charge in [-0.3, -0.25) is 4.98 Å². The number of aromatic nitrogens is 1. The molecule has 1 aromatic rings. The Balaban J connectivity index is 1.81. The summed E-state index contributed by atoms with van der Waals surface area (Å²) in [6.45, 7) is 7.43. The van der Waals surface area contributed by atoms with Crippen LogP contribution in [-0.2, 0) is 6.54 Å². The van der Waals surface area contributed by atoms with Crippen LogP contribution in [-0.4, -0.2) is 17.1 Å². The quantitative estimate of drug-likeness (QED) is 0.881. The molecule has 2 rings (SSSR count). The van der Waals surface area contributed by atoms with Gasteiger partial charge in [0.25, 0.3) is 0 Å². The van der Waals surface area contributed by atoms with Crippen molar-refractivity contribution >= 4 is 0 Å². The zero-order valence-electron chi connectivity index (χ0n) is 12.4. The van der Waals surface area contributed by atoms with Crippen LogP contribution in [0.1, 0.15) is 52.1 Å². The lowest BCUT2D eigenvalue weighted by molar-refractivity contribution is 0.135. The van der Waals surface area contributed by atoms with Crippen molar-refractivity contribution in [2.45, 2.75) is 65.1 Å². The number of ether oxygens (including phenoxy) is 1. The molecule has 1 aromatic heterocycles. The zero-order chi connectivity index (χ0) is 13.7. The van der Waals surface area contributed by atoms with E-state index in [0.717, 1.165) is 23.9 Å². The molecule has 0 unspecified atom stereocenters. The third-order valence-electron chi connectivity index (χ3n) is 3.75. The van der Waals surface area contributed by atoms with E-state index in [4.69, 9.17) is 4.74 Å². The number of nitrogens with zero attached hydrogens (tertiary/aromatic N) is 1. The second-order valence-electron chi connectivity index (χ2n) is 6.02. The fourth-order valence-corrected chi connectivity index (χ4v) is 2.43. The number of hydrogen-bond donors (Lipinski definition) is 1. The first-order valence-electron chi connectivity index (χ1n) is 7.48. The topological polar surface area (TPSA) is 34.1 Å². The van der Waals surface area contributed by atoms with Gasteiger partial charge in [0.1, 0.15) is 5.75 Å². The van der Waals surface area contributed by atoms with E-state index in [-0.39, 0.29) is 0 Å². The molecule has 1 aliphatic rings. The highest BCUT2D eigenvalue weighted by Gasteiger charge is 2.19. The maximum absolute atomic E-state index is 6.00. The van der Waals surface area contributed by atoms with E-state index in [9.17, 15) is 0 Å². The number of pyridine rings is 1. The van der Waals surface area contributed by atoms with Gasteiger partial charge in [0, 0.05) is 12.6 Å². The van der Waals surface area contributed by atoms with Crippen LogP contribution in [0.25, 0.3) is 0 Å². The molecule has 0 spiro atoms. The van der Waals surface area contributed by atoms with E-state index in [1.807, 2.05) is 12.3 Å². The first-order valence-corrected chi connectivity index (χ1v) is 7.48. The molecule has 0 aliphatic heterocycles. The molecule has 1 saturated carbocycles. The zero-order valence-corrected chi connectivity index (χ0v) is 12.4.